The molecule has 4 nitrogen and oxygen atoms in total. The lowest BCUT2D eigenvalue weighted by molar-refractivity contribution is 0.215. The van der Waals surface area contributed by atoms with Crippen LogP contribution in [0.15, 0.2) is 54.6 Å². The fourth-order valence-electron chi connectivity index (χ4n) is 4.27. The molecule has 0 spiro atoms. The molecule has 2 aliphatic rings. The molecule has 0 radical (unpaired) electrons. The summed E-state index contributed by atoms with van der Waals surface area (Å²) in [7, 11) is 0. The van der Waals surface area contributed by atoms with Crippen LogP contribution >= 0.6 is 0 Å². The fraction of sp³-hybridized carbons (Fsp3) is 0.381. The van der Waals surface area contributed by atoms with Crippen LogP contribution in [0.5, 0.6) is 0 Å². The van der Waals surface area contributed by atoms with E-state index in [4.69, 9.17) is 0 Å². The molecule has 4 atom stereocenters. The second kappa shape index (κ2) is 6.89. The Bertz CT molecular complexity index is 747. The first kappa shape index (κ1) is 16.2. The highest BCUT2D eigenvalue weighted by Gasteiger charge is 2.54. The van der Waals surface area contributed by atoms with Gasteiger partial charge in [-0.15, -0.1) is 0 Å². The van der Waals surface area contributed by atoms with E-state index in [1.165, 1.54) is 11.1 Å². The average Bonchev–Trinajstić information content (AvgIpc) is 3.18. The summed E-state index contributed by atoms with van der Waals surface area (Å²) in [6, 6.07) is 18.1. The summed E-state index contributed by atoms with van der Waals surface area (Å²) >= 11 is 0. The van der Waals surface area contributed by atoms with E-state index in [-0.39, 0.29) is 18.7 Å². The van der Waals surface area contributed by atoms with Crippen molar-refractivity contribution in [2.75, 3.05) is 13.2 Å². The Hall–Kier alpha value is -2.33. The van der Waals surface area contributed by atoms with Crippen LogP contribution in [0.25, 0.3) is 0 Å². The van der Waals surface area contributed by atoms with E-state index < -0.39 is 0 Å². The number of aliphatic hydroxyl groups excluding tert-OH is 1. The molecular weight excluding hydrogens is 312 g/mol. The molecule has 4 unspecified atom stereocenters. The number of urea groups is 1. The predicted molar refractivity (Wildman–Crippen MR) is 97.4 cm³/mol. The molecule has 0 heterocycles. The van der Waals surface area contributed by atoms with Gasteiger partial charge in [0.15, 0.2) is 0 Å². The summed E-state index contributed by atoms with van der Waals surface area (Å²) in [4.78, 5) is 12.2. The zero-order valence-corrected chi connectivity index (χ0v) is 14.2. The fourth-order valence-corrected chi connectivity index (χ4v) is 4.27. The Morgan fingerprint density at radius 2 is 1.88 bits per heavy atom. The number of hydrogen-bond acceptors (Lipinski definition) is 2. The molecule has 2 aliphatic carbocycles. The number of hydrogen-bond donors (Lipinski definition) is 3. The monoisotopic (exact) mass is 336 g/mol. The first-order chi connectivity index (χ1) is 12.3. The highest BCUT2D eigenvalue weighted by atomic mass is 16.3. The Labute approximate surface area is 148 Å². The van der Waals surface area contributed by atoms with Gasteiger partial charge in [-0.2, -0.15) is 0 Å². The highest BCUT2D eigenvalue weighted by Crippen LogP contribution is 2.60. The van der Waals surface area contributed by atoms with Crippen LogP contribution in [-0.2, 0) is 12.8 Å². The first-order valence-corrected chi connectivity index (χ1v) is 9.03. The van der Waals surface area contributed by atoms with Crippen LogP contribution in [0.2, 0.25) is 0 Å². The second-order valence-corrected chi connectivity index (χ2v) is 7.18. The minimum absolute atomic E-state index is 0.0651. The topological polar surface area (TPSA) is 61.4 Å². The second-order valence-electron chi connectivity index (χ2n) is 7.18. The molecule has 0 aliphatic heterocycles. The van der Waals surface area contributed by atoms with Crippen LogP contribution in [0.4, 0.5) is 4.79 Å². The first-order valence-electron chi connectivity index (χ1n) is 9.03. The van der Waals surface area contributed by atoms with Crippen molar-refractivity contribution in [2.24, 2.45) is 11.8 Å². The maximum atomic E-state index is 12.2. The predicted octanol–water partition coefficient (Wildman–Crippen LogP) is 2.48. The van der Waals surface area contributed by atoms with Crippen molar-refractivity contribution in [3.63, 3.8) is 0 Å². The Morgan fingerprint density at radius 1 is 1.12 bits per heavy atom. The molecule has 4 rings (SSSR count). The van der Waals surface area contributed by atoms with Crippen molar-refractivity contribution in [3.8, 4) is 0 Å². The number of aliphatic hydroxyl groups is 1. The van der Waals surface area contributed by atoms with E-state index in [2.05, 4.69) is 34.9 Å². The molecule has 25 heavy (non-hydrogen) atoms. The molecule has 130 valence electrons. The molecular formula is C21H24N2O2. The number of carbonyl (C=O) groups is 1. The summed E-state index contributed by atoms with van der Waals surface area (Å²) in [5.41, 5.74) is 4.05. The van der Waals surface area contributed by atoms with Gasteiger partial charge in [-0.05, 0) is 47.3 Å². The van der Waals surface area contributed by atoms with Gasteiger partial charge in [0, 0.05) is 6.54 Å². The highest BCUT2D eigenvalue weighted by molar-refractivity contribution is 5.74. The van der Waals surface area contributed by atoms with E-state index in [1.54, 1.807) is 0 Å². The van der Waals surface area contributed by atoms with Gasteiger partial charge in [-0.1, -0.05) is 54.6 Å². The molecule has 2 amide bonds. The number of rotatable bonds is 6. The zero-order valence-electron chi connectivity index (χ0n) is 14.2. The van der Waals surface area contributed by atoms with Gasteiger partial charge < -0.3 is 15.7 Å². The van der Waals surface area contributed by atoms with Gasteiger partial charge in [-0.25, -0.2) is 4.79 Å². The van der Waals surface area contributed by atoms with Gasteiger partial charge in [0.1, 0.15) is 0 Å². The minimum atomic E-state index is -0.262. The maximum absolute atomic E-state index is 12.2. The van der Waals surface area contributed by atoms with Gasteiger partial charge in [-0.3, -0.25) is 0 Å². The lowest BCUT2D eigenvalue weighted by Crippen LogP contribution is -2.45. The van der Waals surface area contributed by atoms with Gasteiger partial charge in [0.2, 0.25) is 0 Å². The summed E-state index contributed by atoms with van der Waals surface area (Å²) in [5, 5.41) is 15.4. The number of fused-ring (bicyclic) bond motifs is 3. The number of benzene rings is 2. The van der Waals surface area contributed by atoms with Crippen LogP contribution in [-0.4, -0.2) is 30.3 Å². The molecule has 2 aromatic carbocycles. The zero-order chi connectivity index (χ0) is 17.2. The molecule has 1 saturated carbocycles. The smallest absolute Gasteiger partial charge is 0.315 e. The summed E-state index contributed by atoms with van der Waals surface area (Å²) < 4.78 is 0. The van der Waals surface area contributed by atoms with Crippen LogP contribution in [0.3, 0.4) is 0 Å². The molecule has 0 aromatic heterocycles. The molecule has 0 saturated heterocycles. The normalized spacial score (nSPS) is 24.1. The van der Waals surface area contributed by atoms with Crippen molar-refractivity contribution in [2.45, 2.75) is 24.8 Å². The van der Waals surface area contributed by atoms with Crippen LogP contribution in [0, 0.1) is 11.8 Å². The average molecular weight is 336 g/mol. The van der Waals surface area contributed by atoms with Crippen molar-refractivity contribution < 1.29 is 9.90 Å². The van der Waals surface area contributed by atoms with Crippen molar-refractivity contribution in [1.82, 2.24) is 10.6 Å². The van der Waals surface area contributed by atoms with E-state index in [0.29, 0.717) is 30.7 Å². The number of nitrogens with one attached hydrogen (secondary N) is 2. The van der Waals surface area contributed by atoms with Crippen molar-refractivity contribution in [3.05, 3.63) is 71.3 Å². The molecule has 3 N–H and O–H groups in total. The van der Waals surface area contributed by atoms with E-state index in [0.717, 1.165) is 12.0 Å². The third kappa shape index (κ3) is 3.40. The number of amides is 2. The molecule has 2 aromatic rings. The Kier molecular flexibility index (Phi) is 4.45. The van der Waals surface area contributed by atoms with E-state index in [9.17, 15) is 9.90 Å². The van der Waals surface area contributed by atoms with Crippen molar-refractivity contribution >= 4 is 6.03 Å². The molecule has 4 heteroatoms. The largest absolute Gasteiger partial charge is 0.394 e. The third-order valence-electron chi connectivity index (χ3n) is 5.58. The maximum Gasteiger partial charge on any atom is 0.315 e. The lowest BCUT2D eigenvalue weighted by Gasteiger charge is -2.17. The van der Waals surface area contributed by atoms with Crippen LogP contribution in [0.1, 0.15) is 22.6 Å². The standard InChI is InChI=1S/C21H24N2O2/c24-13-16(10-14-6-2-1-3-7-14)23-21(25)22-12-19-18-11-15-8-4-5-9-17(15)20(18)19/h1-9,16,18-20,24H,10-13H2,(H2,22,23,25). The lowest BCUT2D eigenvalue weighted by atomic mass is 10.0. The quantitative estimate of drug-likeness (QED) is 0.759. The van der Waals surface area contributed by atoms with Crippen LogP contribution < -0.4 is 10.6 Å². The molecule has 1 fully saturated rings. The van der Waals surface area contributed by atoms with Gasteiger partial charge in [0.05, 0.1) is 12.6 Å². The van der Waals surface area contributed by atoms with E-state index >= 15 is 0 Å². The Morgan fingerprint density at radius 3 is 2.68 bits per heavy atom. The summed E-state index contributed by atoms with van der Waals surface area (Å²) in [6.45, 7) is 0.642. The summed E-state index contributed by atoms with van der Waals surface area (Å²) in [6.07, 6.45) is 1.77. The van der Waals surface area contributed by atoms with E-state index in [1.807, 2.05) is 30.3 Å². The van der Waals surface area contributed by atoms with Crippen molar-refractivity contribution in [1.29, 1.82) is 0 Å². The Balaban J connectivity index is 1.25. The number of carbonyl (C=O) groups excluding carboxylic acids is 1. The van der Waals surface area contributed by atoms with Gasteiger partial charge >= 0.3 is 6.03 Å². The molecule has 0 bridgehead atoms. The third-order valence-corrected chi connectivity index (χ3v) is 5.58. The minimum Gasteiger partial charge on any atom is -0.394 e. The SMILES string of the molecule is O=C(NCC1C2Cc3ccccc3C12)NC(CO)Cc1ccccc1. The summed E-state index contributed by atoms with van der Waals surface area (Å²) in [5.74, 6) is 1.87. The van der Waals surface area contributed by atoms with Gasteiger partial charge in [0.25, 0.3) is 0 Å².